The maximum Gasteiger partial charge on any atom is 0.261 e. The van der Waals surface area contributed by atoms with Gasteiger partial charge in [0.25, 0.3) is 5.91 Å². The molecule has 0 aliphatic heterocycles. The zero-order valence-corrected chi connectivity index (χ0v) is 19.8. The molecular weight excluding hydrogens is 438 g/mol. The monoisotopic (exact) mass is 465 g/mol. The van der Waals surface area contributed by atoms with Crippen molar-refractivity contribution >= 4 is 34.5 Å². The van der Waals surface area contributed by atoms with Crippen LogP contribution in [0.1, 0.15) is 38.3 Å². The smallest absolute Gasteiger partial charge is 0.261 e. The lowest BCUT2D eigenvalue weighted by Crippen LogP contribution is -2.26. The Kier molecular flexibility index (Phi) is 8.39. The molecule has 1 atom stereocenters. The molecule has 1 aromatic heterocycles. The summed E-state index contributed by atoms with van der Waals surface area (Å²) in [4.78, 5) is 15.8. The summed E-state index contributed by atoms with van der Waals surface area (Å²) in [5.74, 6) is 0.506. The van der Waals surface area contributed by atoms with Gasteiger partial charge in [-0.3, -0.25) is 4.79 Å². The van der Waals surface area contributed by atoms with Gasteiger partial charge >= 0.3 is 0 Å². The molecule has 0 saturated heterocycles. The van der Waals surface area contributed by atoms with E-state index in [1.165, 1.54) is 6.08 Å². The quantitative estimate of drug-likeness (QED) is 0.298. The van der Waals surface area contributed by atoms with Gasteiger partial charge in [-0.1, -0.05) is 36.7 Å². The molecular formula is C26H28ClN3O3. The van der Waals surface area contributed by atoms with Crippen molar-refractivity contribution in [1.29, 1.82) is 5.26 Å². The molecule has 0 spiro atoms. The van der Waals surface area contributed by atoms with E-state index in [2.05, 4.69) is 10.3 Å². The number of nitrogens with one attached hydrogen (secondary N) is 2. The SMILES string of the molecule is CCOc1cc(/C=C(\C#N)C(=O)NCCc2c[nH]c3ccccc23)cc(Cl)c1O[C@H](C)CC. The largest absolute Gasteiger partial charge is 0.490 e. The lowest BCUT2D eigenvalue weighted by Gasteiger charge is -2.18. The van der Waals surface area contributed by atoms with Crippen molar-refractivity contribution in [2.45, 2.75) is 39.7 Å². The molecule has 0 bridgehead atoms. The van der Waals surface area contributed by atoms with Crippen molar-refractivity contribution < 1.29 is 14.3 Å². The summed E-state index contributed by atoms with van der Waals surface area (Å²) in [5.41, 5.74) is 2.74. The number of H-pyrrole nitrogens is 1. The van der Waals surface area contributed by atoms with E-state index in [9.17, 15) is 10.1 Å². The molecule has 33 heavy (non-hydrogen) atoms. The number of halogens is 1. The van der Waals surface area contributed by atoms with Crippen molar-refractivity contribution in [2.75, 3.05) is 13.2 Å². The van der Waals surface area contributed by atoms with Crippen molar-refractivity contribution in [1.82, 2.24) is 10.3 Å². The first-order chi connectivity index (χ1) is 16.0. The third kappa shape index (κ3) is 6.09. The Morgan fingerprint density at radius 2 is 2.09 bits per heavy atom. The Morgan fingerprint density at radius 3 is 2.82 bits per heavy atom. The molecule has 6 nitrogen and oxygen atoms in total. The average molecular weight is 466 g/mol. The second-order valence-corrected chi connectivity index (χ2v) is 8.04. The van der Waals surface area contributed by atoms with Crippen LogP contribution in [0.3, 0.4) is 0 Å². The van der Waals surface area contributed by atoms with Crippen LogP contribution in [0, 0.1) is 11.3 Å². The number of ether oxygens (including phenoxy) is 2. The fourth-order valence-electron chi connectivity index (χ4n) is 3.39. The summed E-state index contributed by atoms with van der Waals surface area (Å²) in [7, 11) is 0. The molecule has 0 radical (unpaired) electrons. The highest BCUT2D eigenvalue weighted by molar-refractivity contribution is 6.32. The summed E-state index contributed by atoms with van der Waals surface area (Å²) < 4.78 is 11.6. The molecule has 0 unspecified atom stereocenters. The Balaban J connectivity index is 1.73. The number of nitrogens with zero attached hydrogens (tertiary/aromatic N) is 1. The second kappa shape index (κ2) is 11.4. The first-order valence-electron chi connectivity index (χ1n) is 11.0. The van der Waals surface area contributed by atoms with Crippen molar-refractivity contribution in [3.05, 3.63) is 64.3 Å². The standard InChI is InChI=1S/C26H28ClN3O3/c1-4-17(3)33-25-22(27)13-18(14-24(25)32-5-2)12-20(15-28)26(31)29-11-10-19-16-30-23-9-7-6-8-21(19)23/h6-9,12-14,16-17,30H,4-5,10-11H2,1-3H3,(H,29,31)/b20-12+/t17-/m1/s1. The van der Waals surface area contributed by atoms with Crippen LogP contribution in [0.4, 0.5) is 0 Å². The number of aromatic nitrogens is 1. The minimum Gasteiger partial charge on any atom is -0.490 e. The van der Waals surface area contributed by atoms with Gasteiger partial charge in [0.15, 0.2) is 11.5 Å². The summed E-state index contributed by atoms with van der Waals surface area (Å²) >= 11 is 6.45. The summed E-state index contributed by atoms with van der Waals surface area (Å²) in [6.45, 7) is 6.68. The lowest BCUT2D eigenvalue weighted by molar-refractivity contribution is -0.117. The van der Waals surface area contributed by atoms with E-state index >= 15 is 0 Å². The molecule has 3 rings (SSSR count). The van der Waals surface area contributed by atoms with E-state index in [-0.39, 0.29) is 11.7 Å². The molecule has 172 valence electrons. The van der Waals surface area contributed by atoms with Crippen LogP contribution in [-0.2, 0) is 11.2 Å². The van der Waals surface area contributed by atoms with Crippen molar-refractivity contribution in [3.8, 4) is 17.6 Å². The molecule has 1 heterocycles. The first kappa shape index (κ1) is 24.2. The highest BCUT2D eigenvalue weighted by Crippen LogP contribution is 2.38. The van der Waals surface area contributed by atoms with Crippen LogP contribution in [0.15, 0.2) is 48.2 Å². The van der Waals surface area contributed by atoms with E-state index in [4.69, 9.17) is 21.1 Å². The molecule has 2 N–H and O–H groups in total. The molecule has 0 aliphatic carbocycles. The highest BCUT2D eigenvalue weighted by Gasteiger charge is 2.16. The number of hydrogen-bond acceptors (Lipinski definition) is 4. The minimum absolute atomic E-state index is 0.0111. The van der Waals surface area contributed by atoms with E-state index in [1.54, 1.807) is 12.1 Å². The van der Waals surface area contributed by atoms with Gasteiger partial charge in [-0.05, 0) is 62.1 Å². The van der Waals surface area contributed by atoms with Gasteiger partial charge in [0.1, 0.15) is 11.6 Å². The lowest BCUT2D eigenvalue weighted by atomic mass is 10.1. The third-order valence-electron chi connectivity index (χ3n) is 5.26. The van der Waals surface area contributed by atoms with Gasteiger partial charge in [-0.2, -0.15) is 5.26 Å². The zero-order chi connectivity index (χ0) is 23.8. The molecule has 3 aromatic rings. The number of carbonyl (C=O) groups excluding carboxylic acids is 1. The molecule has 1 amide bonds. The van der Waals surface area contributed by atoms with Gasteiger partial charge in [0.2, 0.25) is 0 Å². The zero-order valence-electron chi connectivity index (χ0n) is 19.1. The van der Waals surface area contributed by atoms with Crippen LogP contribution in [0.5, 0.6) is 11.5 Å². The third-order valence-corrected chi connectivity index (χ3v) is 5.54. The topological polar surface area (TPSA) is 87.1 Å². The van der Waals surface area contributed by atoms with E-state index < -0.39 is 5.91 Å². The number of para-hydroxylation sites is 1. The normalized spacial score (nSPS) is 12.3. The molecule has 0 saturated carbocycles. The molecule has 7 heteroatoms. The fraction of sp³-hybridized carbons (Fsp3) is 0.308. The number of nitriles is 1. The number of rotatable bonds is 10. The van der Waals surface area contributed by atoms with Gasteiger partial charge < -0.3 is 19.8 Å². The van der Waals surface area contributed by atoms with Crippen molar-refractivity contribution in [2.24, 2.45) is 0 Å². The Bertz CT molecular complexity index is 1190. The molecule has 0 fully saturated rings. The van der Waals surface area contributed by atoms with E-state index in [0.717, 1.165) is 22.9 Å². The van der Waals surface area contributed by atoms with E-state index in [0.29, 0.717) is 41.7 Å². The van der Waals surface area contributed by atoms with Crippen LogP contribution in [0.2, 0.25) is 5.02 Å². The van der Waals surface area contributed by atoms with Gasteiger partial charge in [0, 0.05) is 23.6 Å². The summed E-state index contributed by atoms with van der Waals surface area (Å²) in [6.07, 6.45) is 4.89. The number of aromatic amines is 1. The average Bonchev–Trinajstić information content (AvgIpc) is 3.22. The first-order valence-corrected chi connectivity index (χ1v) is 11.4. The number of hydrogen-bond donors (Lipinski definition) is 2. The van der Waals surface area contributed by atoms with Crippen LogP contribution >= 0.6 is 11.6 Å². The Hall–Kier alpha value is -3.43. The van der Waals surface area contributed by atoms with Gasteiger partial charge in [-0.25, -0.2) is 0 Å². The Morgan fingerprint density at radius 1 is 1.30 bits per heavy atom. The van der Waals surface area contributed by atoms with Crippen molar-refractivity contribution in [3.63, 3.8) is 0 Å². The predicted octanol–water partition coefficient (Wildman–Crippen LogP) is 5.66. The summed E-state index contributed by atoms with van der Waals surface area (Å²) in [5, 5.41) is 13.9. The predicted molar refractivity (Wildman–Crippen MR) is 132 cm³/mol. The number of benzene rings is 2. The second-order valence-electron chi connectivity index (χ2n) is 7.63. The molecule has 2 aromatic carbocycles. The highest BCUT2D eigenvalue weighted by atomic mass is 35.5. The summed E-state index contributed by atoms with van der Waals surface area (Å²) in [6, 6.07) is 13.4. The van der Waals surface area contributed by atoms with Crippen LogP contribution in [0.25, 0.3) is 17.0 Å². The van der Waals surface area contributed by atoms with Crippen LogP contribution in [-0.4, -0.2) is 30.1 Å². The van der Waals surface area contributed by atoms with Crippen LogP contribution < -0.4 is 14.8 Å². The van der Waals surface area contributed by atoms with Gasteiger partial charge in [0.05, 0.1) is 17.7 Å². The number of carbonyl (C=O) groups is 1. The maximum absolute atomic E-state index is 12.6. The number of amides is 1. The maximum atomic E-state index is 12.6. The van der Waals surface area contributed by atoms with E-state index in [1.807, 2.05) is 57.3 Å². The van der Waals surface area contributed by atoms with Gasteiger partial charge in [-0.15, -0.1) is 0 Å². The Labute approximate surface area is 199 Å². The minimum atomic E-state index is -0.439. The fourth-order valence-corrected chi connectivity index (χ4v) is 3.66. The number of fused-ring (bicyclic) bond motifs is 1. The molecule has 0 aliphatic rings.